The lowest BCUT2D eigenvalue weighted by Crippen LogP contribution is -2.20. The van der Waals surface area contributed by atoms with Gasteiger partial charge in [0.05, 0.1) is 54.2 Å². The van der Waals surface area contributed by atoms with Crippen molar-refractivity contribution in [2.45, 2.75) is 13.8 Å². The van der Waals surface area contributed by atoms with Gasteiger partial charge in [-0.15, -0.1) is 0 Å². The van der Waals surface area contributed by atoms with E-state index in [4.69, 9.17) is 0 Å². The maximum absolute atomic E-state index is 12.2. The van der Waals surface area contributed by atoms with Crippen molar-refractivity contribution in [3.05, 3.63) is 331 Å². The van der Waals surface area contributed by atoms with Crippen LogP contribution in [0.5, 0.6) is 132 Å². The van der Waals surface area contributed by atoms with Crippen LogP contribution in [0.4, 0.5) is 0 Å². The molecule has 0 atom stereocenters. The summed E-state index contributed by atoms with van der Waals surface area (Å²) < 4.78 is 0. The molecule has 21 aromatic carbocycles. The van der Waals surface area contributed by atoms with Gasteiger partial charge in [-0.3, -0.25) is 9.59 Å². The zero-order valence-corrected chi connectivity index (χ0v) is 70.9. The van der Waals surface area contributed by atoms with Crippen LogP contribution in [0.3, 0.4) is 0 Å². The number of carbonyl (C=O) groups is 2. The Bertz CT molecular complexity index is 8150. The lowest BCUT2D eigenvalue weighted by atomic mass is 9.83. The second kappa shape index (κ2) is 34.9. The summed E-state index contributed by atoms with van der Waals surface area (Å²) in [5.74, 6) is -3.67. The topological polar surface area (TPSA) is 499 Å². The van der Waals surface area contributed by atoms with E-state index < -0.39 is 5.78 Å². The van der Waals surface area contributed by atoms with Crippen molar-refractivity contribution in [2.75, 3.05) is 0 Å². The van der Waals surface area contributed by atoms with Crippen LogP contribution in [0, 0.1) is 13.8 Å². The highest BCUT2D eigenvalue weighted by Gasteiger charge is 2.34. The van der Waals surface area contributed by atoms with Gasteiger partial charge in [-0.05, 0) is 184 Å². The summed E-state index contributed by atoms with van der Waals surface area (Å²) in [6.07, 6.45) is 0. The summed E-state index contributed by atoms with van der Waals surface area (Å²) in [5.41, 5.74) is 4.45. The predicted molar refractivity (Wildman–Crippen MR) is 517 cm³/mol. The van der Waals surface area contributed by atoms with E-state index in [0.717, 1.165) is 27.3 Å². The molecule has 0 unspecified atom stereocenters. The lowest BCUT2D eigenvalue weighted by Gasteiger charge is -2.18. The molecule has 0 radical (unpaired) electrons. The van der Waals surface area contributed by atoms with E-state index in [0.29, 0.717) is 92.3 Å². The Morgan fingerprint density at radius 2 is 0.422 bits per heavy atom. The third kappa shape index (κ3) is 15.6. The van der Waals surface area contributed by atoms with Gasteiger partial charge in [-0.1, -0.05) is 176 Å². The Labute approximate surface area is 763 Å². The molecule has 1 aliphatic rings. The average Bonchev–Trinajstić information content (AvgIpc) is 0.756. The summed E-state index contributed by atoms with van der Waals surface area (Å²) >= 11 is 0. The molecule has 25 heteroatoms. The second-order valence-electron chi connectivity index (χ2n) is 32.0. The van der Waals surface area contributed by atoms with Gasteiger partial charge >= 0.3 is 0 Å². The molecule has 22 rings (SSSR count). The van der Waals surface area contributed by atoms with Crippen LogP contribution < -0.4 is 0 Å². The number of ketones is 2. The van der Waals surface area contributed by atoms with Gasteiger partial charge in [0.2, 0.25) is 5.78 Å². The van der Waals surface area contributed by atoms with E-state index in [2.05, 4.69) is 0 Å². The van der Waals surface area contributed by atoms with Gasteiger partial charge in [0.15, 0.2) is 5.78 Å². The van der Waals surface area contributed by atoms with Crippen LogP contribution in [-0.4, -0.2) is 129 Å². The first-order valence-corrected chi connectivity index (χ1v) is 41.5. The van der Waals surface area contributed by atoms with Gasteiger partial charge in [-0.25, -0.2) is 0 Å². The van der Waals surface area contributed by atoms with Crippen molar-refractivity contribution in [1.82, 2.24) is 0 Å². The van der Waals surface area contributed by atoms with Gasteiger partial charge in [0, 0.05) is 82.4 Å². The van der Waals surface area contributed by atoms with Crippen LogP contribution in [-0.2, 0) is 0 Å². The number of aromatic hydroxyl groups is 23. The number of phenols is 23. The Morgan fingerprint density at radius 3 is 0.837 bits per heavy atom. The number of hydrogen-bond acceptors (Lipinski definition) is 25. The minimum absolute atomic E-state index is 0.00205. The molecule has 21 aromatic rings. The molecule has 0 aromatic heterocycles. The fourth-order valence-electron chi connectivity index (χ4n) is 17.5. The highest BCUT2D eigenvalue weighted by molar-refractivity contribution is 6.30. The summed E-state index contributed by atoms with van der Waals surface area (Å²) in [6, 6.07) is 79.0. The van der Waals surface area contributed by atoms with Crippen LogP contribution in [0.2, 0.25) is 0 Å². The van der Waals surface area contributed by atoms with E-state index in [1.807, 2.05) is 38.1 Å². The average molecular weight is 1800 g/mol. The third-order valence-corrected chi connectivity index (χ3v) is 23.7. The van der Waals surface area contributed by atoms with Gasteiger partial charge in [0.25, 0.3) is 0 Å². The molecule has 25 nitrogen and oxygen atoms in total. The van der Waals surface area contributed by atoms with E-state index in [9.17, 15) is 127 Å². The van der Waals surface area contributed by atoms with Gasteiger partial charge in [-0.2, -0.15) is 0 Å². The number of phenolic OH excluding ortho intramolecular Hbond substituents is 23. The number of carbonyl (C=O) groups excluding carboxylic acids is 2. The van der Waals surface area contributed by atoms with E-state index >= 15 is 0 Å². The summed E-state index contributed by atoms with van der Waals surface area (Å²) in [6.45, 7) is 3.73. The summed E-state index contributed by atoms with van der Waals surface area (Å²) in [5, 5.41) is 244. The molecule has 0 aliphatic heterocycles. The van der Waals surface area contributed by atoms with E-state index in [1.54, 1.807) is 146 Å². The molecule has 23 N–H and O–H groups in total. The SMILES string of the molecule is Cc1cc(O)c2c(O)c(-c3ccc4cc(C)cc(O)c4c3O)ccc2c1.O=C1c2cccc(O)c2C(=O)c2c(O)cccc21.Oc1cc(-c2cc(O)c3cccc(O)c3c2O)c(O)c2c(O)cccc12.Oc1cc(-c2cc(O)c3ccccc3c2O)c(O)c2ccccc12.Oc1cccc2cc3cccc(O)c3c(O)c12.Oc1cccc2ccc(-c3ccc(O)c4c(O)cccc34)c(O)c12. The Hall–Kier alpha value is -19.0. The number of hydrogen-bond donors (Lipinski definition) is 23. The highest BCUT2D eigenvalue weighted by atomic mass is 16.3. The Balaban J connectivity index is 0.000000113. The van der Waals surface area contributed by atoms with Crippen molar-refractivity contribution in [3.8, 4) is 177 Å². The minimum Gasteiger partial charge on any atom is -0.507 e. The van der Waals surface area contributed by atoms with Crippen molar-refractivity contribution < 1.29 is 127 Å². The first-order valence-electron chi connectivity index (χ1n) is 41.5. The molecule has 0 fully saturated rings. The third-order valence-electron chi connectivity index (χ3n) is 23.7. The first kappa shape index (κ1) is 88.0. The molecular formula is C110H78O25. The minimum atomic E-state index is -0.532. The fraction of sp³-hybridized carbons (Fsp3) is 0.0182. The van der Waals surface area contributed by atoms with E-state index in [1.165, 1.54) is 127 Å². The monoisotopic (exact) mass is 1800 g/mol. The number of aryl methyl sites for hydroxylation is 2. The maximum atomic E-state index is 12.2. The number of fused-ring (bicyclic) bond motifs is 12. The molecule has 0 heterocycles. The van der Waals surface area contributed by atoms with E-state index in [-0.39, 0.29) is 204 Å². The molecule has 0 amide bonds. The summed E-state index contributed by atoms with van der Waals surface area (Å²) in [4.78, 5) is 24.4. The van der Waals surface area contributed by atoms with Crippen LogP contribution >= 0.6 is 0 Å². The molecule has 135 heavy (non-hydrogen) atoms. The molecule has 0 saturated carbocycles. The van der Waals surface area contributed by atoms with Crippen molar-refractivity contribution in [2.24, 2.45) is 0 Å². The second-order valence-corrected chi connectivity index (χ2v) is 32.0. The molecule has 1 aliphatic carbocycles. The summed E-state index contributed by atoms with van der Waals surface area (Å²) in [7, 11) is 0. The molecule has 0 saturated heterocycles. The fourth-order valence-corrected chi connectivity index (χ4v) is 17.5. The standard InChI is InChI=1S/C22H18O4.C20H14O6.2C20H14O4.C14H8O4.C14H10O3/c1-11-7-13-3-5-15(21(25)19(13)17(23)9-11)16-6-4-14-8-12(2)10-18(24)20(14)22(16)26;21-13-5-1-3-9-15(23)7-11(19(25)17(9)13)12-8-16(24)10-4-2-6-14(22)18(10)20(12)26;21-15-5-1-3-11-7-8-14(20(24)18(11)15)12-9-10-17(23)19-13(12)4-2-6-16(19)22;21-17-9-15(19(23)13-7-3-1-5-11(13)17)16-10-18(22)12-6-2-4-8-14(12)20(16)24;15-9-5-1-3-7-11(9)14(18)12-8(13(7)17)4-2-6-10(12)16;15-10-5-1-3-8-7-9-4-2-6-11(16)13(9)14(17)12(8)10/h3-10,23-26H,1-2H3;1-8,21-26H;2*1-10,21-24H;1-6,15-16H;1-7,15-17H. The first-order chi connectivity index (χ1) is 64.7. The Kier molecular flexibility index (Phi) is 22.7. The van der Waals surface area contributed by atoms with Crippen molar-refractivity contribution in [3.63, 3.8) is 0 Å². The predicted octanol–water partition coefficient (Wildman–Crippen LogP) is 22.9. The largest absolute Gasteiger partial charge is 0.507 e. The normalized spacial score (nSPS) is 11.5. The molecule has 0 bridgehead atoms. The van der Waals surface area contributed by atoms with Gasteiger partial charge in [0.1, 0.15) is 132 Å². The van der Waals surface area contributed by atoms with Crippen molar-refractivity contribution >= 4 is 119 Å². The van der Waals surface area contributed by atoms with Crippen LogP contribution in [0.15, 0.2) is 297 Å². The lowest BCUT2D eigenvalue weighted by molar-refractivity contribution is 0.0974. The zero-order valence-electron chi connectivity index (χ0n) is 70.9. The quantitative estimate of drug-likeness (QED) is 0.0575. The van der Waals surface area contributed by atoms with Gasteiger partial charge < -0.3 is 117 Å². The highest BCUT2D eigenvalue weighted by Crippen LogP contribution is 2.55. The Morgan fingerprint density at radius 1 is 0.148 bits per heavy atom. The molecule has 668 valence electrons. The smallest absolute Gasteiger partial charge is 0.201 e. The van der Waals surface area contributed by atoms with Crippen LogP contribution in [0.25, 0.3) is 152 Å². The van der Waals surface area contributed by atoms with Crippen molar-refractivity contribution in [1.29, 1.82) is 0 Å². The number of rotatable bonds is 4. The maximum Gasteiger partial charge on any atom is 0.201 e. The van der Waals surface area contributed by atoms with Crippen LogP contribution in [0.1, 0.15) is 43.0 Å². The molecule has 0 spiro atoms. The zero-order chi connectivity index (χ0) is 95.7. The number of benzene rings is 21. The molecular weight excluding hydrogens is 1720 g/mol.